The Morgan fingerprint density at radius 3 is 2.60 bits per heavy atom. The van der Waals surface area contributed by atoms with Gasteiger partial charge in [-0.3, -0.25) is 4.79 Å². The van der Waals surface area contributed by atoms with Gasteiger partial charge in [-0.05, 0) is 25.7 Å². The fourth-order valence-electron chi connectivity index (χ4n) is 2.38. The minimum Gasteiger partial charge on any atom is -0.393 e. The largest absolute Gasteiger partial charge is 0.393 e. The summed E-state index contributed by atoms with van der Waals surface area (Å²) in [5.74, 6) is 0.157. The molecule has 1 fully saturated rings. The molecule has 2 N–H and O–H groups in total. The van der Waals surface area contributed by atoms with Crippen molar-refractivity contribution >= 4 is 17.2 Å². The number of nitrogens with one attached hydrogen (secondary N) is 1. The molecule has 4 nitrogen and oxygen atoms in total. The van der Waals surface area contributed by atoms with Crippen molar-refractivity contribution in [1.29, 1.82) is 0 Å². The predicted octanol–water partition coefficient (Wildman–Crippen LogP) is 2.61. The monoisotopic (exact) mass is 296 g/mol. The summed E-state index contributed by atoms with van der Waals surface area (Å²) in [4.78, 5) is 16.6. The van der Waals surface area contributed by atoms with E-state index in [1.807, 2.05) is 0 Å². The van der Waals surface area contributed by atoms with Crippen LogP contribution >= 0.6 is 11.3 Å². The first-order valence-corrected chi connectivity index (χ1v) is 8.15. The molecule has 2 rings (SSSR count). The topological polar surface area (TPSA) is 62.2 Å². The number of hydrogen-bond acceptors (Lipinski definition) is 4. The average molecular weight is 296 g/mol. The second-order valence-electron chi connectivity index (χ2n) is 6.60. The summed E-state index contributed by atoms with van der Waals surface area (Å²) in [6.07, 6.45) is 2.84. The van der Waals surface area contributed by atoms with Crippen LogP contribution in [0.15, 0.2) is 5.38 Å². The highest BCUT2D eigenvalue weighted by Crippen LogP contribution is 2.25. The third-order valence-corrected chi connectivity index (χ3v) is 4.65. The van der Waals surface area contributed by atoms with Gasteiger partial charge in [0.25, 0.3) is 0 Å². The molecule has 1 saturated carbocycles. The lowest BCUT2D eigenvalue weighted by Crippen LogP contribution is -2.33. The number of amides is 1. The zero-order valence-electron chi connectivity index (χ0n) is 12.5. The van der Waals surface area contributed by atoms with Crippen molar-refractivity contribution in [3.05, 3.63) is 16.1 Å². The van der Waals surface area contributed by atoms with Crippen LogP contribution in [0, 0.1) is 5.92 Å². The molecular formula is C15H24N2O2S. The first-order valence-electron chi connectivity index (χ1n) is 7.27. The number of aromatic nitrogens is 1. The quantitative estimate of drug-likeness (QED) is 0.901. The summed E-state index contributed by atoms with van der Waals surface area (Å²) in [6.45, 7) is 6.92. The summed E-state index contributed by atoms with van der Waals surface area (Å²) >= 11 is 1.60. The normalized spacial score (nSPS) is 23.6. The summed E-state index contributed by atoms with van der Waals surface area (Å²) in [5.41, 5.74) is 1.13. The highest BCUT2D eigenvalue weighted by molar-refractivity contribution is 7.09. The van der Waals surface area contributed by atoms with Crippen LogP contribution in [-0.4, -0.2) is 22.1 Å². The second-order valence-corrected chi connectivity index (χ2v) is 7.54. The van der Waals surface area contributed by atoms with Gasteiger partial charge in [0.1, 0.15) is 5.01 Å². The zero-order valence-corrected chi connectivity index (χ0v) is 13.3. The first kappa shape index (κ1) is 15.4. The van der Waals surface area contributed by atoms with Crippen molar-refractivity contribution in [2.75, 3.05) is 0 Å². The Hall–Kier alpha value is -0.940. The van der Waals surface area contributed by atoms with Crippen LogP contribution in [0.4, 0.5) is 0 Å². The SMILES string of the molecule is CC(C)(C)c1csc(CNC(=O)C2CCC(O)CC2)n1. The molecule has 0 unspecified atom stereocenters. The molecule has 112 valence electrons. The van der Waals surface area contributed by atoms with E-state index in [1.165, 1.54) is 0 Å². The lowest BCUT2D eigenvalue weighted by molar-refractivity contribution is -0.126. The Bertz CT molecular complexity index is 457. The van der Waals surface area contributed by atoms with Crippen LogP contribution < -0.4 is 5.32 Å². The number of thiazole rings is 1. The molecule has 1 aliphatic carbocycles. The Morgan fingerprint density at radius 1 is 1.40 bits per heavy atom. The van der Waals surface area contributed by atoms with Gasteiger partial charge in [0, 0.05) is 16.7 Å². The highest BCUT2D eigenvalue weighted by Gasteiger charge is 2.25. The van der Waals surface area contributed by atoms with Crippen LogP contribution in [0.1, 0.15) is 57.2 Å². The lowest BCUT2D eigenvalue weighted by atomic mass is 9.87. The van der Waals surface area contributed by atoms with E-state index in [0.29, 0.717) is 6.54 Å². The molecule has 5 heteroatoms. The number of carbonyl (C=O) groups excluding carboxylic acids is 1. The van der Waals surface area contributed by atoms with Crippen LogP contribution in [0.3, 0.4) is 0 Å². The van der Waals surface area contributed by atoms with E-state index in [-0.39, 0.29) is 23.3 Å². The van der Waals surface area contributed by atoms with Gasteiger partial charge >= 0.3 is 0 Å². The van der Waals surface area contributed by atoms with E-state index in [1.54, 1.807) is 11.3 Å². The van der Waals surface area contributed by atoms with Crippen molar-refractivity contribution in [2.45, 2.75) is 64.5 Å². The standard InChI is InChI=1S/C15H24N2O2S/c1-15(2,3)12-9-20-13(17-12)8-16-14(19)10-4-6-11(18)7-5-10/h9-11,18H,4-8H2,1-3H3,(H,16,19). The van der Waals surface area contributed by atoms with Gasteiger partial charge in [0.15, 0.2) is 0 Å². The molecule has 1 aliphatic rings. The number of rotatable bonds is 3. The van der Waals surface area contributed by atoms with Gasteiger partial charge < -0.3 is 10.4 Å². The second kappa shape index (κ2) is 6.22. The van der Waals surface area contributed by atoms with Crippen molar-refractivity contribution in [2.24, 2.45) is 5.92 Å². The number of aliphatic hydroxyl groups excluding tert-OH is 1. The third kappa shape index (κ3) is 4.03. The molecular weight excluding hydrogens is 272 g/mol. The molecule has 0 radical (unpaired) electrons. The van der Waals surface area contributed by atoms with E-state index in [2.05, 4.69) is 36.5 Å². The Labute approximate surface area is 124 Å². The Balaban J connectivity index is 1.83. The van der Waals surface area contributed by atoms with Crippen LogP contribution in [-0.2, 0) is 16.8 Å². The first-order chi connectivity index (χ1) is 9.36. The number of nitrogens with zero attached hydrogens (tertiary/aromatic N) is 1. The fourth-order valence-corrected chi connectivity index (χ4v) is 3.34. The van der Waals surface area contributed by atoms with E-state index < -0.39 is 0 Å². The van der Waals surface area contributed by atoms with Crippen molar-refractivity contribution in [3.63, 3.8) is 0 Å². The van der Waals surface area contributed by atoms with Gasteiger partial charge in [-0.15, -0.1) is 11.3 Å². The van der Waals surface area contributed by atoms with Gasteiger partial charge in [-0.2, -0.15) is 0 Å². The molecule has 0 spiro atoms. The zero-order chi connectivity index (χ0) is 14.8. The van der Waals surface area contributed by atoms with Gasteiger partial charge in [-0.25, -0.2) is 4.98 Å². The molecule has 0 aromatic carbocycles. The molecule has 0 atom stereocenters. The van der Waals surface area contributed by atoms with E-state index in [4.69, 9.17) is 0 Å². The Morgan fingerprint density at radius 2 is 2.05 bits per heavy atom. The van der Waals surface area contributed by atoms with Crippen LogP contribution in [0.2, 0.25) is 0 Å². The minimum absolute atomic E-state index is 0.0538. The van der Waals surface area contributed by atoms with Crippen molar-refractivity contribution in [3.8, 4) is 0 Å². The van der Waals surface area contributed by atoms with E-state index >= 15 is 0 Å². The van der Waals surface area contributed by atoms with Crippen LogP contribution in [0.25, 0.3) is 0 Å². The van der Waals surface area contributed by atoms with E-state index in [0.717, 1.165) is 36.4 Å². The molecule has 1 amide bonds. The molecule has 1 aromatic heterocycles. The summed E-state index contributed by atoms with van der Waals surface area (Å²) < 4.78 is 0. The maximum absolute atomic E-state index is 12.1. The van der Waals surface area contributed by atoms with Crippen molar-refractivity contribution in [1.82, 2.24) is 10.3 Å². The molecule has 0 saturated heterocycles. The molecule has 1 heterocycles. The smallest absolute Gasteiger partial charge is 0.223 e. The predicted molar refractivity (Wildman–Crippen MR) is 80.6 cm³/mol. The summed E-state index contributed by atoms with van der Waals surface area (Å²) in [6, 6.07) is 0. The van der Waals surface area contributed by atoms with Gasteiger partial charge in [0.05, 0.1) is 18.3 Å². The van der Waals surface area contributed by atoms with Crippen LogP contribution in [0.5, 0.6) is 0 Å². The summed E-state index contributed by atoms with van der Waals surface area (Å²) in [7, 11) is 0. The lowest BCUT2D eigenvalue weighted by Gasteiger charge is -2.24. The fraction of sp³-hybridized carbons (Fsp3) is 0.733. The maximum Gasteiger partial charge on any atom is 0.223 e. The Kier molecular flexibility index (Phi) is 4.81. The van der Waals surface area contributed by atoms with Gasteiger partial charge in [0.2, 0.25) is 5.91 Å². The summed E-state index contributed by atoms with van der Waals surface area (Å²) in [5, 5.41) is 15.5. The van der Waals surface area contributed by atoms with E-state index in [9.17, 15) is 9.90 Å². The minimum atomic E-state index is -0.215. The molecule has 1 aromatic rings. The number of aliphatic hydroxyl groups is 1. The highest BCUT2D eigenvalue weighted by atomic mass is 32.1. The van der Waals surface area contributed by atoms with Crippen molar-refractivity contribution < 1.29 is 9.90 Å². The van der Waals surface area contributed by atoms with Gasteiger partial charge in [-0.1, -0.05) is 20.8 Å². The number of carbonyl (C=O) groups is 1. The molecule has 20 heavy (non-hydrogen) atoms. The number of hydrogen-bond donors (Lipinski definition) is 2. The average Bonchev–Trinajstić information content (AvgIpc) is 2.85. The molecule has 0 bridgehead atoms. The maximum atomic E-state index is 12.1. The third-order valence-electron chi connectivity index (χ3n) is 3.80. The molecule has 0 aliphatic heterocycles.